The van der Waals surface area contributed by atoms with Gasteiger partial charge in [0.05, 0.1) is 36.9 Å². The summed E-state index contributed by atoms with van der Waals surface area (Å²) in [7, 11) is 0. The maximum atomic E-state index is 12.6. The fourth-order valence-electron chi connectivity index (χ4n) is 7.88. The second kappa shape index (κ2) is 20.6. The van der Waals surface area contributed by atoms with Crippen molar-refractivity contribution in [2.75, 3.05) is 25.4 Å². The van der Waals surface area contributed by atoms with E-state index in [9.17, 15) is 39.9 Å². The summed E-state index contributed by atoms with van der Waals surface area (Å²) in [6.45, 7) is -0.0740. The van der Waals surface area contributed by atoms with Gasteiger partial charge in [-0.2, -0.15) is 11.8 Å². The van der Waals surface area contributed by atoms with Gasteiger partial charge in [-0.1, -0.05) is 12.8 Å². The summed E-state index contributed by atoms with van der Waals surface area (Å²) in [6, 6.07) is -3.30. The lowest BCUT2D eigenvalue weighted by atomic mass is 9.84. The SMILES string of the molecule is N[C@@H]1[C@@H](O)[C@@H](O[C@H]2[C@@H](O)[C@H](O[C@H]3O[C@@H](CNC(=O)CCCCCNC(=O)CCCC[C@@H]4SC[C@@H]5NC(=O)N[C@@H]54)[C@@H](O)C[C@H]3N)[C@H](N)C[C@H]2N)O[C@H](CO)[C@H]1O. The fraction of sp³-hybridized carbons (Fsp3) is 0.912. The minimum absolute atomic E-state index is 0.00724. The predicted octanol–water partition coefficient (Wildman–Crippen LogP) is -4.74. The van der Waals surface area contributed by atoms with E-state index < -0.39 is 92.2 Å². The number of rotatable bonds is 18. The molecule has 4 amide bonds. The molecule has 4 heterocycles. The van der Waals surface area contributed by atoms with Gasteiger partial charge in [0.1, 0.15) is 42.7 Å². The standard InChI is InChI=1S/C34H62N8O12S/c35-15-10-16(36)31(54-33-28(48)25(38)27(47)21(13-43)52-33)29(49)30(15)53-32-17(37)11-19(44)20(51-32)12-40-24(46)7-2-1-5-9-39-23(45)8-4-3-6-22-26-18(14-55-22)41-34(50)42-26/h15-22,25-33,43-44,47-49H,1-14,35-38H2,(H,39,45)(H,40,46)(H2,41,42,50)/t15-,16-,17-,18+,19+,20+,21-,22+,25+,26+,27-,28-,29+,30-,31-,32-,33-/m1/s1. The number of carbonyl (C=O) groups is 3. The lowest BCUT2D eigenvalue weighted by Gasteiger charge is -2.47. The molecule has 0 aromatic heterocycles. The highest BCUT2D eigenvalue weighted by atomic mass is 32.2. The molecular formula is C34H62N8O12S. The van der Waals surface area contributed by atoms with Gasteiger partial charge in [0, 0.05) is 49.0 Å². The first-order valence-corrected chi connectivity index (χ1v) is 20.5. The van der Waals surface area contributed by atoms with Crippen molar-refractivity contribution in [1.82, 2.24) is 21.3 Å². The molecule has 0 aromatic rings. The number of unbranched alkanes of at least 4 members (excludes halogenated alkanes) is 3. The van der Waals surface area contributed by atoms with Crippen LogP contribution in [0.15, 0.2) is 0 Å². The number of carbonyl (C=O) groups excluding carboxylic acids is 3. The summed E-state index contributed by atoms with van der Waals surface area (Å²) in [5.41, 5.74) is 24.7. The van der Waals surface area contributed by atoms with Crippen molar-refractivity contribution in [3.05, 3.63) is 0 Å². The zero-order valence-corrected chi connectivity index (χ0v) is 31.8. The Bertz CT molecular complexity index is 1260. The number of fused-ring (bicyclic) bond motifs is 1. The van der Waals surface area contributed by atoms with Gasteiger partial charge >= 0.3 is 6.03 Å². The Morgan fingerprint density at radius 1 is 0.782 bits per heavy atom. The number of nitrogens with two attached hydrogens (primary N) is 4. The topological polar surface area (TPSA) is 341 Å². The summed E-state index contributed by atoms with van der Waals surface area (Å²) in [4.78, 5) is 36.4. The van der Waals surface area contributed by atoms with Gasteiger partial charge in [-0.3, -0.25) is 9.59 Å². The van der Waals surface area contributed by atoms with Crippen LogP contribution in [0.4, 0.5) is 4.79 Å². The van der Waals surface area contributed by atoms with Gasteiger partial charge in [0.25, 0.3) is 0 Å². The molecule has 5 aliphatic rings. The molecule has 21 heteroatoms. The zero-order chi connectivity index (χ0) is 39.8. The molecule has 17 N–H and O–H groups in total. The first-order valence-electron chi connectivity index (χ1n) is 19.5. The predicted molar refractivity (Wildman–Crippen MR) is 198 cm³/mol. The maximum Gasteiger partial charge on any atom is 0.315 e. The average Bonchev–Trinajstić information content (AvgIpc) is 3.70. The number of ether oxygens (including phenoxy) is 4. The highest BCUT2D eigenvalue weighted by molar-refractivity contribution is 8.00. The molecule has 4 aliphatic heterocycles. The average molecular weight is 807 g/mol. The molecule has 1 aliphatic carbocycles. The fourth-order valence-corrected chi connectivity index (χ4v) is 9.42. The normalized spacial score (nSPS) is 41.6. The second-order valence-corrected chi connectivity index (χ2v) is 16.7. The van der Waals surface area contributed by atoms with Crippen LogP contribution in [-0.4, -0.2) is 172 Å². The quantitative estimate of drug-likeness (QED) is 0.0457. The number of aliphatic hydroxyl groups is 5. The Morgan fingerprint density at radius 3 is 2.15 bits per heavy atom. The number of aliphatic hydroxyl groups excluding tert-OH is 5. The molecule has 17 atom stereocenters. The minimum atomic E-state index is -1.49. The molecule has 55 heavy (non-hydrogen) atoms. The number of hydrogen-bond donors (Lipinski definition) is 13. The van der Waals surface area contributed by atoms with Crippen LogP contribution in [0.3, 0.4) is 0 Å². The van der Waals surface area contributed by atoms with Crippen molar-refractivity contribution in [2.45, 2.75) is 167 Å². The van der Waals surface area contributed by atoms with E-state index in [1.165, 1.54) is 0 Å². The summed E-state index contributed by atoms with van der Waals surface area (Å²) in [5.74, 6) is 0.699. The summed E-state index contributed by atoms with van der Waals surface area (Å²) in [6.07, 6.45) is -6.42. The minimum Gasteiger partial charge on any atom is -0.394 e. The molecule has 316 valence electrons. The number of hydrogen-bond acceptors (Lipinski definition) is 17. The van der Waals surface area contributed by atoms with Crippen molar-refractivity contribution < 1.29 is 58.9 Å². The molecule has 5 fully saturated rings. The third-order valence-corrected chi connectivity index (χ3v) is 12.7. The Balaban J connectivity index is 0.963. The van der Waals surface area contributed by atoms with Crippen LogP contribution in [0, 0.1) is 0 Å². The molecule has 20 nitrogen and oxygen atoms in total. The monoisotopic (exact) mass is 806 g/mol. The summed E-state index contributed by atoms with van der Waals surface area (Å²) >= 11 is 1.87. The molecule has 0 aromatic carbocycles. The van der Waals surface area contributed by atoms with E-state index in [-0.39, 0.29) is 55.7 Å². The highest BCUT2D eigenvalue weighted by Gasteiger charge is 2.50. The van der Waals surface area contributed by atoms with Gasteiger partial charge < -0.3 is 88.7 Å². The Kier molecular flexibility index (Phi) is 16.6. The first-order chi connectivity index (χ1) is 26.3. The van der Waals surface area contributed by atoms with Crippen LogP contribution in [0.2, 0.25) is 0 Å². The molecular weight excluding hydrogens is 744 g/mol. The van der Waals surface area contributed by atoms with Crippen LogP contribution < -0.4 is 44.2 Å². The van der Waals surface area contributed by atoms with E-state index in [0.717, 1.165) is 37.9 Å². The lowest BCUT2D eigenvalue weighted by Crippen LogP contribution is -2.68. The summed E-state index contributed by atoms with van der Waals surface area (Å²) in [5, 5.41) is 64.3. The van der Waals surface area contributed by atoms with Crippen molar-refractivity contribution in [1.29, 1.82) is 0 Å². The molecule has 0 bridgehead atoms. The Labute approximate surface area is 324 Å². The number of nitrogens with one attached hydrogen (secondary N) is 4. The van der Waals surface area contributed by atoms with Crippen molar-refractivity contribution in [3.63, 3.8) is 0 Å². The van der Waals surface area contributed by atoms with Gasteiger partial charge in [-0.05, 0) is 38.5 Å². The van der Waals surface area contributed by atoms with Crippen molar-refractivity contribution in [3.8, 4) is 0 Å². The smallest absolute Gasteiger partial charge is 0.315 e. The molecule has 0 radical (unpaired) electrons. The van der Waals surface area contributed by atoms with Gasteiger partial charge in [0.2, 0.25) is 11.8 Å². The largest absolute Gasteiger partial charge is 0.394 e. The van der Waals surface area contributed by atoms with Gasteiger partial charge in [-0.25, -0.2) is 4.79 Å². The van der Waals surface area contributed by atoms with Gasteiger partial charge in [0.15, 0.2) is 12.6 Å². The lowest BCUT2D eigenvalue weighted by molar-refractivity contribution is -0.315. The van der Waals surface area contributed by atoms with E-state index in [1.807, 2.05) is 11.8 Å². The van der Waals surface area contributed by atoms with Crippen LogP contribution >= 0.6 is 11.8 Å². The Morgan fingerprint density at radius 2 is 1.44 bits per heavy atom. The third-order valence-electron chi connectivity index (χ3n) is 11.2. The molecule has 0 unspecified atom stereocenters. The van der Waals surface area contributed by atoms with Crippen molar-refractivity contribution in [2.24, 2.45) is 22.9 Å². The van der Waals surface area contributed by atoms with E-state index >= 15 is 0 Å². The van der Waals surface area contributed by atoms with Crippen LogP contribution in [0.5, 0.6) is 0 Å². The zero-order valence-electron chi connectivity index (χ0n) is 31.0. The van der Waals surface area contributed by atoms with E-state index in [4.69, 9.17) is 41.9 Å². The van der Waals surface area contributed by atoms with E-state index in [2.05, 4.69) is 21.3 Å². The van der Waals surface area contributed by atoms with Crippen LogP contribution in [0.25, 0.3) is 0 Å². The number of thioether (sulfide) groups is 1. The second-order valence-electron chi connectivity index (χ2n) is 15.4. The number of urea groups is 1. The number of amides is 4. The van der Waals surface area contributed by atoms with E-state index in [1.54, 1.807) is 0 Å². The van der Waals surface area contributed by atoms with Crippen LogP contribution in [-0.2, 0) is 28.5 Å². The van der Waals surface area contributed by atoms with Gasteiger partial charge in [-0.15, -0.1) is 0 Å². The third kappa shape index (κ3) is 11.6. The molecule has 0 spiro atoms. The highest BCUT2D eigenvalue weighted by Crippen LogP contribution is 2.34. The van der Waals surface area contributed by atoms with Crippen molar-refractivity contribution >= 4 is 29.6 Å². The van der Waals surface area contributed by atoms with Crippen LogP contribution in [0.1, 0.15) is 64.2 Å². The summed E-state index contributed by atoms with van der Waals surface area (Å²) < 4.78 is 23.4. The Hall–Kier alpha value is -1.96. The van der Waals surface area contributed by atoms with E-state index in [0.29, 0.717) is 24.6 Å². The molecule has 4 saturated heterocycles. The molecule has 1 saturated carbocycles. The first kappa shape index (κ1) is 44.1. The maximum absolute atomic E-state index is 12.6. The molecule has 5 rings (SSSR count).